The molecule has 0 heterocycles. The monoisotopic (exact) mass is 291 g/mol. The van der Waals surface area contributed by atoms with Gasteiger partial charge in [-0.25, -0.2) is 0 Å². The minimum atomic E-state index is -0.704. The minimum absolute atomic E-state index is 0. The number of primary amides is 1. The van der Waals surface area contributed by atoms with E-state index in [2.05, 4.69) is 5.32 Å². The van der Waals surface area contributed by atoms with E-state index in [9.17, 15) is 9.59 Å². The maximum absolute atomic E-state index is 11.8. The molecule has 5 nitrogen and oxygen atoms in total. The summed E-state index contributed by atoms with van der Waals surface area (Å²) in [6.45, 7) is 3.73. The first kappa shape index (κ1) is 18.2. The molecule has 1 aliphatic rings. The van der Waals surface area contributed by atoms with Crippen molar-refractivity contribution in [3.8, 4) is 0 Å². The van der Waals surface area contributed by atoms with Gasteiger partial charge in [0.05, 0.1) is 5.41 Å². The van der Waals surface area contributed by atoms with Gasteiger partial charge < -0.3 is 16.8 Å². The van der Waals surface area contributed by atoms with Crippen LogP contribution in [0.15, 0.2) is 0 Å². The van der Waals surface area contributed by atoms with Crippen molar-refractivity contribution in [3.63, 3.8) is 0 Å². The molecule has 19 heavy (non-hydrogen) atoms. The molecule has 0 aromatic carbocycles. The first-order valence-electron chi connectivity index (χ1n) is 6.65. The van der Waals surface area contributed by atoms with Gasteiger partial charge in [0.2, 0.25) is 11.8 Å². The van der Waals surface area contributed by atoms with E-state index in [-0.39, 0.29) is 36.8 Å². The van der Waals surface area contributed by atoms with Crippen molar-refractivity contribution in [1.29, 1.82) is 0 Å². The second kappa shape index (κ2) is 7.70. The van der Waals surface area contributed by atoms with E-state index in [4.69, 9.17) is 11.5 Å². The lowest BCUT2D eigenvalue weighted by Crippen LogP contribution is -2.44. The van der Waals surface area contributed by atoms with Crippen LogP contribution < -0.4 is 16.8 Å². The lowest BCUT2D eigenvalue weighted by molar-refractivity contribution is -0.127. The molecule has 1 rings (SSSR count). The van der Waals surface area contributed by atoms with Crippen LogP contribution in [0.5, 0.6) is 0 Å². The molecule has 6 heteroatoms. The Hall–Kier alpha value is -0.810. The Labute approximate surface area is 121 Å². The first-order chi connectivity index (χ1) is 8.33. The Morgan fingerprint density at radius 3 is 2.37 bits per heavy atom. The van der Waals surface area contributed by atoms with Gasteiger partial charge in [0.1, 0.15) is 0 Å². The molecule has 1 fully saturated rings. The maximum Gasteiger partial charge on any atom is 0.224 e. The molecule has 0 bridgehead atoms. The summed E-state index contributed by atoms with van der Waals surface area (Å²) in [6.07, 6.45) is 4.79. The molecule has 0 radical (unpaired) electrons. The molecule has 0 spiro atoms. The highest BCUT2D eigenvalue weighted by molar-refractivity contribution is 5.85. The summed E-state index contributed by atoms with van der Waals surface area (Å²) in [7, 11) is 0. The van der Waals surface area contributed by atoms with E-state index in [0.29, 0.717) is 6.42 Å². The lowest BCUT2D eigenvalue weighted by Gasteiger charge is -2.28. The quantitative estimate of drug-likeness (QED) is 0.703. The number of hydrogen-bond acceptors (Lipinski definition) is 3. The number of nitrogens with two attached hydrogens (primary N) is 2. The summed E-state index contributed by atoms with van der Waals surface area (Å²) in [5, 5.41) is 2.78. The number of carbonyl (C=O) groups excluding carboxylic acids is 2. The predicted molar refractivity (Wildman–Crippen MR) is 77.8 cm³/mol. The topological polar surface area (TPSA) is 98.2 Å². The normalized spacial score (nSPS) is 23.3. The van der Waals surface area contributed by atoms with Crippen LogP contribution in [0.4, 0.5) is 0 Å². The van der Waals surface area contributed by atoms with Crippen LogP contribution in [0, 0.1) is 11.3 Å². The number of carbonyl (C=O) groups is 2. The van der Waals surface area contributed by atoms with E-state index < -0.39 is 11.3 Å². The fraction of sp³-hybridized carbons (Fsp3) is 0.846. The second-order valence-electron chi connectivity index (χ2n) is 5.94. The van der Waals surface area contributed by atoms with Gasteiger partial charge in [-0.3, -0.25) is 9.59 Å². The Bertz CT molecular complexity index is 321. The Kier molecular flexibility index (Phi) is 7.37. The third-order valence-electron chi connectivity index (χ3n) is 3.81. The molecule has 1 aliphatic carbocycles. The second-order valence-corrected chi connectivity index (χ2v) is 5.94. The highest BCUT2D eigenvalue weighted by atomic mass is 35.5. The van der Waals surface area contributed by atoms with Gasteiger partial charge >= 0.3 is 0 Å². The average Bonchev–Trinajstić information content (AvgIpc) is 2.29. The molecule has 2 amide bonds. The Morgan fingerprint density at radius 1 is 1.26 bits per heavy atom. The fourth-order valence-electron chi connectivity index (χ4n) is 2.21. The largest absolute Gasteiger partial charge is 0.369 e. The van der Waals surface area contributed by atoms with Gasteiger partial charge in [-0.15, -0.1) is 12.4 Å². The molecule has 0 saturated heterocycles. The molecule has 0 aromatic heterocycles. The van der Waals surface area contributed by atoms with Crippen molar-refractivity contribution < 1.29 is 9.59 Å². The summed E-state index contributed by atoms with van der Waals surface area (Å²) < 4.78 is 0. The van der Waals surface area contributed by atoms with Crippen molar-refractivity contribution in [2.75, 3.05) is 6.54 Å². The molecule has 5 N–H and O–H groups in total. The molecule has 2 atom stereocenters. The lowest BCUT2D eigenvalue weighted by atomic mass is 9.82. The van der Waals surface area contributed by atoms with Crippen molar-refractivity contribution in [3.05, 3.63) is 0 Å². The molecule has 1 saturated carbocycles. The highest BCUT2D eigenvalue weighted by Crippen LogP contribution is 2.25. The van der Waals surface area contributed by atoms with Crippen molar-refractivity contribution in [2.24, 2.45) is 22.8 Å². The SMILES string of the molecule is CC(C)(CNC(=O)CC1CCCCC1N)C(N)=O.Cl. The zero-order valence-corrected chi connectivity index (χ0v) is 12.6. The number of nitrogens with one attached hydrogen (secondary N) is 1. The highest BCUT2D eigenvalue weighted by Gasteiger charge is 2.27. The van der Waals surface area contributed by atoms with Gasteiger partial charge in [0.25, 0.3) is 0 Å². The predicted octanol–water partition coefficient (Wildman–Crippen LogP) is 0.944. The van der Waals surface area contributed by atoms with E-state index in [1.165, 1.54) is 0 Å². The van der Waals surface area contributed by atoms with Gasteiger partial charge in [-0.05, 0) is 32.6 Å². The number of rotatable bonds is 5. The van der Waals surface area contributed by atoms with Gasteiger partial charge in [0, 0.05) is 19.0 Å². The van der Waals surface area contributed by atoms with Crippen LogP contribution in [0.3, 0.4) is 0 Å². The number of halogens is 1. The standard InChI is InChI=1S/C13H25N3O2.ClH/c1-13(2,12(15)18)8-16-11(17)7-9-5-3-4-6-10(9)14;/h9-10H,3-8,14H2,1-2H3,(H2,15,18)(H,16,17);1H. The zero-order valence-electron chi connectivity index (χ0n) is 11.8. The van der Waals surface area contributed by atoms with Gasteiger partial charge in [-0.2, -0.15) is 0 Å². The van der Waals surface area contributed by atoms with Crippen LogP contribution >= 0.6 is 12.4 Å². The average molecular weight is 292 g/mol. The van der Waals surface area contributed by atoms with Gasteiger partial charge in [0.15, 0.2) is 0 Å². The summed E-state index contributed by atoms with van der Waals surface area (Å²) in [4.78, 5) is 22.9. The van der Waals surface area contributed by atoms with Crippen LogP contribution in [-0.4, -0.2) is 24.4 Å². The molecule has 0 aromatic rings. The minimum Gasteiger partial charge on any atom is -0.369 e. The first-order valence-corrected chi connectivity index (χ1v) is 6.65. The van der Waals surface area contributed by atoms with Crippen molar-refractivity contribution >= 4 is 24.2 Å². The third kappa shape index (κ3) is 5.78. The molecule has 0 aliphatic heterocycles. The molecule has 2 unspecified atom stereocenters. The summed E-state index contributed by atoms with van der Waals surface area (Å²) in [6, 6.07) is 0.133. The zero-order chi connectivity index (χ0) is 13.8. The smallest absolute Gasteiger partial charge is 0.224 e. The van der Waals surface area contributed by atoms with Crippen LogP contribution in [0.2, 0.25) is 0 Å². The van der Waals surface area contributed by atoms with E-state index in [1.807, 2.05) is 0 Å². The number of hydrogen-bond donors (Lipinski definition) is 3. The molecular weight excluding hydrogens is 266 g/mol. The van der Waals surface area contributed by atoms with Gasteiger partial charge in [-0.1, -0.05) is 12.8 Å². The van der Waals surface area contributed by atoms with E-state index in [0.717, 1.165) is 25.7 Å². The summed E-state index contributed by atoms with van der Waals surface area (Å²) >= 11 is 0. The third-order valence-corrected chi connectivity index (χ3v) is 3.81. The summed E-state index contributed by atoms with van der Waals surface area (Å²) in [5.41, 5.74) is 10.6. The van der Waals surface area contributed by atoms with E-state index >= 15 is 0 Å². The van der Waals surface area contributed by atoms with E-state index in [1.54, 1.807) is 13.8 Å². The van der Waals surface area contributed by atoms with Crippen molar-refractivity contribution in [2.45, 2.75) is 52.0 Å². The Balaban J connectivity index is 0.00000324. The summed E-state index contributed by atoms with van der Waals surface area (Å²) in [5.74, 6) is -0.167. The number of amides is 2. The van der Waals surface area contributed by atoms with Crippen molar-refractivity contribution in [1.82, 2.24) is 5.32 Å². The van der Waals surface area contributed by atoms with Crippen LogP contribution in [-0.2, 0) is 9.59 Å². The fourth-order valence-corrected chi connectivity index (χ4v) is 2.21. The van der Waals surface area contributed by atoms with Crippen LogP contribution in [0.1, 0.15) is 46.0 Å². The maximum atomic E-state index is 11.8. The Morgan fingerprint density at radius 2 is 1.84 bits per heavy atom. The molecule has 112 valence electrons. The van der Waals surface area contributed by atoms with Crippen LogP contribution in [0.25, 0.3) is 0 Å². The molecular formula is C13H26ClN3O2.